The molecule has 2 amide bonds. The van der Waals surface area contributed by atoms with E-state index in [-0.39, 0.29) is 36.3 Å². The molecule has 114 valence electrons. The first kappa shape index (κ1) is 15.3. The minimum atomic E-state index is -0.356. The zero-order chi connectivity index (χ0) is 15.4. The summed E-state index contributed by atoms with van der Waals surface area (Å²) in [4.78, 5) is 25.3. The van der Waals surface area contributed by atoms with Crippen LogP contribution in [0.3, 0.4) is 0 Å². The van der Waals surface area contributed by atoms with Crippen LogP contribution in [-0.2, 0) is 9.59 Å². The fourth-order valence-electron chi connectivity index (χ4n) is 2.28. The SMILES string of the molecule is CC(C)N1CC(NC(=O)COc2ccc(F)cc2)CC1=O. The van der Waals surface area contributed by atoms with E-state index >= 15 is 0 Å². The maximum atomic E-state index is 12.7. The van der Waals surface area contributed by atoms with Gasteiger partial charge >= 0.3 is 0 Å². The number of carbonyl (C=O) groups is 2. The number of hydrogen-bond donors (Lipinski definition) is 1. The first-order valence-corrected chi connectivity index (χ1v) is 6.93. The molecule has 21 heavy (non-hydrogen) atoms. The Morgan fingerprint density at radius 3 is 2.67 bits per heavy atom. The highest BCUT2D eigenvalue weighted by Gasteiger charge is 2.31. The van der Waals surface area contributed by atoms with E-state index in [1.54, 1.807) is 4.90 Å². The van der Waals surface area contributed by atoms with Crippen LogP contribution in [0.4, 0.5) is 4.39 Å². The van der Waals surface area contributed by atoms with Gasteiger partial charge in [-0.2, -0.15) is 0 Å². The number of amides is 2. The molecule has 1 fully saturated rings. The zero-order valence-corrected chi connectivity index (χ0v) is 12.1. The van der Waals surface area contributed by atoms with Crippen LogP contribution >= 0.6 is 0 Å². The van der Waals surface area contributed by atoms with Crippen molar-refractivity contribution in [3.63, 3.8) is 0 Å². The van der Waals surface area contributed by atoms with Gasteiger partial charge in [0, 0.05) is 19.0 Å². The average molecular weight is 294 g/mol. The summed E-state index contributed by atoms with van der Waals surface area (Å²) in [5.41, 5.74) is 0. The Hall–Kier alpha value is -2.11. The first-order chi connectivity index (χ1) is 9.95. The fourth-order valence-corrected chi connectivity index (χ4v) is 2.28. The number of nitrogens with one attached hydrogen (secondary N) is 1. The maximum absolute atomic E-state index is 12.7. The molecule has 1 aliphatic rings. The Kier molecular flexibility index (Phi) is 4.77. The molecule has 0 aliphatic carbocycles. The molecule has 0 bridgehead atoms. The van der Waals surface area contributed by atoms with Crippen molar-refractivity contribution in [1.82, 2.24) is 10.2 Å². The van der Waals surface area contributed by atoms with Crippen LogP contribution in [0.2, 0.25) is 0 Å². The maximum Gasteiger partial charge on any atom is 0.258 e. The van der Waals surface area contributed by atoms with Crippen LogP contribution in [0.25, 0.3) is 0 Å². The van der Waals surface area contributed by atoms with E-state index in [0.29, 0.717) is 18.7 Å². The molecule has 1 saturated heterocycles. The van der Waals surface area contributed by atoms with E-state index in [1.165, 1.54) is 24.3 Å². The number of hydrogen-bond acceptors (Lipinski definition) is 3. The van der Waals surface area contributed by atoms with E-state index in [1.807, 2.05) is 13.8 Å². The van der Waals surface area contributed by atoms with E-state index < -0.39 is 0 Å². The highest BCUT2D eigenvalue weighted by molar-refractivity contribution is 5.82. The summed E-state index contributed by atoms with van der Waals surface area (Å²) in [6, 6.07) is 5.41. The van der Waals surface area contributed by atoms with Gasteiger partial charge in [-0.15, -0.1) is 0 Å². The van der Waals surface area contributed by atoms with E-state index in [9.17, 15) is 14.0 Å². The van der Waals surface area contributed by atoms with Gasteiger partial charge in [-0.05, 0) is 38.1 Å². The second-order valence-electron chi connectivity index (χ2n) is 5.35. The number of carbonyl (C=O) groups excluding carboxylic acids is 2. The summed E-state index contributed by atoms with van der Waals surface area (Å²) >= 11 is 0. The minimum Gasteiger partial charge on any atom is -0.484 e. The van der Waals surface area contributed by atoms with Gasteiger partial charge in [0.05, 0.1) is 6.04 Å². The molecule has 0 saturated carbocycles. The Balaban J connectivity index is 1.77. The summed E-state index contributed by atoms with van der Waals surface area (Å²) < 4.78 is 18.0. The third-order valence-electron chi connectivity index (χ3n) is 3.33. The van der Waals surface area contributed by atoms with E-state index in [2.05, 4.69) is 5.32 Å². The van der Waals surface area contributed by atoms with Gasteiger partial charge in [-0.25, -0.2) is 4.39 Å². The smallest absolute Gasteiger partial charge is 0.258 e. The van der Waals surface area contributed by atoms with E-state index in [0.717, 1.165) is 0 Å². The van der Waals surface area contributed by atoms with E-state index in [4.69, 9.17) is 4.74 Å². The number of likely N-dealkylation sites (tertiary alicyclic amines) is 1. The number of nitrogens with zero attached hydrogens (tertiary/aromatic N) is 1. The Bertz CT molecular complexity index is 516. The predicted molar refractivity (Wildman–Crippen MR) is 75.3 cm³/mol. The number of benzene rings is 1. The summed E-state index contributed by atoms with van der Waals surface area (Å²) in [6.07, 6.45) is 0.320. The molecule has 1 aromatic carbocycles. The van der Waals surface area contributed by atoms with Crippen molar-refractivity contribution in [3.8, 4) is 5.75 Å². The molecule has 1 heterocycles. The van der Waals surface area contributed by atoms with Gasteiger partial charge in [-0.1, -0.05) is 0 Å². The highest BCUT2D eigenvalue weighted by atomic mass is 19.1. The molecule has 0 aromatic heterocycles. The molecule has 1 N–H and O–H groups in total. The standard InChI is InChI=1S/C15H19FN2O3/c1-10(2)18-8-12(7-15(18)20)17-14(19)9-21-13-5-3-11(16)4-6-13/h3-6,10,12H,7-9H2,1-2H3,(H,17,19). The first-order valence-electron chi connectivity index (χ1n) is 6.93. The molecule has 1 unspecified atom stereocenters. The third-order valence-corrected chi connectivity index (χ3v) is 3.33. The van der Waals surface area contributed by atoms with Gasteiger partial charge in [-0.3, -0.25) is 9.59 Å². The van der Waals surface area contributed by atoms with Crippen molar-refractivity contribution in [1.29, 1.82) is 0 Å². The molecule has 1 aliphatic heterocycles. The molecule has 1 aromatic rings. The molecule has 0 radical (unpaired) electrons. The Morgan fingerprint density at radius 1 is 1.43 bits per heavy atom. The molecule has 2 rings (SSSR count). The second kappa shape index (κ2) is 6.56. The van der Waals surface area contributed by atoms with Crippen molar-refractivity contribution >= 4 is 11.8 Å². The van der Waals surface area contributed by atoms with Gasteiger partial charge in [0.25, 0.3) is 5.91 Å². The predicted octanol–water partition coefficient (Wildman–Crippen LogP) is 1.33. The summed E-state index contributed by atoms with van der Waals surface area (Å²) in [6.45, 7) is 4.26. The number of rotatable bonds is 5. The quantitative estimate of drug-likeness (QED) is 0.891. The topological polar surface area (TPSA) is 58.6 Å². The zero-order valence-electron chi connectivity index (χ0n) is 12.1. The van der Waals surface area contributed by atoms with Crippen LogP contribution < -0.4 is 10.1 Å². The Labute approximate surface area is 123 Å². The van der Waals surface area contributed by atoms with Crippen LogP contribution in [-0.4, -0.2) is 41.9 Å². The van der Waals surface area contributed by atoms with Gasteiger partial charge < -0.3 is 15.0 Å². The van der Waals surface area contributed by atoms with Crippen molar-refractivity contribution in [3.05, 3.63) is 30.1 Å². The van der Waals surface area contributed by atoms with Crippen molar-refractivity contribution in [2.24, 2.45) is 0 Å². The van der Waals surface area contributed by atoms with Crippen LogP contribution in [0.15, 0.2) is 24.3 Å². The number of halogens is 1. The molecular formula is C15H19FN2O3. The van der Waals surface area contributed by atoms with Crippen molar-refractivity contribution in [2.75, 3.05) is 13.2 Å². The lowest BCUT2D eigenvalue weighted by molar-refractivity contribution is -0.129. The monoisotopic (exact) mass is 294 g/mol. The van der Waals surface area contributed by atoms with Crippen LogP contribution in [0.5, 0.6) is 5.75 Å². The van der Waals surface area contributed by atoms with Gasteiger partial charge in [0.15, 0.2) is 6.61 Å². The van der Waals surface area contributed by atoms with Crippen molar-refractivity contribution in [2.45, 2.75) is 32.4 Å². The average Bonchev–Trinajstić information content (AvgIpc) is 2.79. The number of ether oxygens (including phenoxy) is 1. The van der Waals surface area contributed by atoms with Crippen LogP contribution in [0, 0.1) is 5.82 Å². The molecule has 6 heteroatoms. The second-order valence-corrected chi connectivity index (χ2v) is 5.35. The highest BCUT2D eigenvalue weighted by Crippen LogP contribution is 2.14. The minimum absolute atomic E-state index is 0.0507. The normalized spacial score (nSPS) is 18.2. The molecular weight excluding hydrogens is 275 g/mol. The Morgan fingerprint density at radius 2 is 2.10 bits per heavy atom. The molecule has 0 spiro atoms. The van der Waals surface area contributed by atoms with Crippen LogP contribution in [0.1, 0.15) is 20.3 Å². The van der Waals surface area contributed by atoms with Gasteiger partial charge in [0.1, 0.15) is 11.6 Å². The lowest BCUT2D eigenvalue weighted by Crippen LogP contribution is -2.40. The summed E-state index contributed by atoms with van der Waals surface area (Å²) in [5.74, 6) is -0.166. The summed E-state index contributed by atoms with van der Waals surface area (Å²) in [5, 5.41) is 2.78. The van der Waals surface area contributed by atoms with Gasteiger partial charge in [0.2, 0.25) is 5.91 Å². The molecule has 1 atom stereocenters. The molecule has 5 nitrogen and oxygen atoms in total. The van der Waals surface area contributed by atoms with Crippen molar-refractivity contribution < 1.29 is 18.7 Å². The fraction of sp³-hybridized carbons (Fsp3) is 0.467. The summed E-state index contributed by atoms with van der Waals surface area (Å²) in [7, 11) is 0. The third kappa shape index (κ3) is 4.18. The lowest BCUT2D eigenvalue weighted by Gasteiger charge is -2.21. The largest absolute Gasteiger partial charge is 0.484 e. The lowest BCUT2D eigenvalue weighted by atomic mass is 10.2.